The molecule has 0 unspecified atom stereocenters. The molecule has 27 heavy (non-hydrogen) atoms. The molecule has 1 heterocycles. The number of rotatable bonds is 7. The number of halogens is 1. The second kappa shape index (κ2) is 8.91. The van der Waals surface area contributed by atoms with Crippen molar-refractivity contribution in [2.45, 2.75) is 6.61 Å². The number of nitrogens with zero attached hydrogens (tertiary/aromatic N) is 2. The first kappa shape index (κ1) is 18.5. The van der Waals surface area contributed by atoms with Gasteiger partial charge in [0.25, 0.3) is 0 Å². The van der Waals surface area contributed by atoms with E-state index >= 15 is 0 Å². The predicted octanol–water partition coefficient (Wildman–Crippen LogP) is 4.37. The van der Waals surface area contributed by atoms with Gasteiger partial charge in [0, 0.05) is 16.8 Å². The summed E-state index contributed by atoms with van der Waals surface area (Å²) < 4.78 is 11.1. The Hall–Kier alpha value is -3.25. The molecule has 0 fully saturated rings. The molecule has 0 aliphatic rings. The van der Waals surface area contributed by atoms with Crippen LogP contribution in [0.4, 0.5) is 0 Å². The van der Waals surface area contributed by atoms with Crippen LogP contribution in [0, 0.1) is 0 Å². The van der Waals surface area contributed by atoms with E-state index in [0.717, 1.165) is 5.56 Å². The number of hydrogen-bond donors (Lipinski definition) is 1. The van der Waals surface area contributed by atoms with E-state index in [1.54, 1.807) is 43.6 Å². The highest BCUT2D eigenvalue weighted by Gasteiger charge is 2.11. The van der Waals surface area contributed by atoms with Crippen molar-refractivity contribution >= 4 is 17.4 Å². The van der Waals surface area contributed by atoms with Gasteiger partial charge in [0.15, 0.2) is 5.84 Å². The van der Waals surface area contributed by atoms with E-state index in [9.17, 15) is 0 Å². The first-order valence-corrected chi connectivity index (χ1v) is 8.51. The molecule has 0 amide bonds. The topological polar surface area (TPSA) is 79.0 Å². The lowest BCUT2D eigenvalue weighted by Gasteiger charge is -2.10. The van der Waals surface area contributed by atoms with Crippen molar-refractivity contribution in [2.75, 3.05) is 7.11 Å². The second-order valence-electron chi connectivity index (χ2n) is 5.48. The lowest BCUT2D eigenvalue weighted by molar-refractivity contribution is 0.128. The van der Waals surface area contributed by atoms with Crippen molar-refractivity contribution in [2.24, 2.45) is 10.9 Å². The van der Waals surface area contributed by atoms with Gasteiger partial charge < -0.3 is 20.0 Å². The van der Waals surface area contributed by atoms with E-state index in [2.05, 4.69) is 10.1 Å². The molecule has 1 aromatic heterocycles. The van der Waals surface area contributed by atoms with E-state index < -0.39 is 0 Å². The fourth-order valence-corrected chi connectivity index (χ4v) is 2.54. The van der Waals surface area contributed by atoms with Crippen LogP contribution in [-0.4, -0.2) is 17.9 Å². The molecule has 2 aromatic carbocycles. The van der Waals surface area contributed by atoms with Gasteiger partial charge in [-0.25, -0.2) is 4.98 Å². The minimum Gasteiger partial charge on any atom is -0.496 e. The number of benzene rings is 2. The van der Waals surface area contributed by atoms with Crippen molar-refractivity contribution in [3.05, 3.63) is 83.0 Å². The summed E-state index contributed by atoms with van der Waals surface area (Å²) in [5, 5.41) is 4.55. The summed E-state index contributed by atoms with van der Waals surface area (Å²) in [6.45, 7) is 0.152. The van der Waals surface area contributed by atoms with E-state index in [1.165, 1.54) is 0 Å². The molecular weight excluding hydrogens is 366 g/mol. The van der Waals surface area contributed by atoms with Crippen molar-refractivity contribution in [3.8, 4) is 17.4 Å². The Balaban J connectivity index is 1.74. The third kappa shape index (κ3) is 4.89. The highest BCUT2D eigenvalue weighted by Crippen LogP contribution is 2.24. The number of pyridine rings is 1. The molecule has 7 heteroatoms. The Morgan fingerprint density at radius 2 is 1.93 bits per heavy atom. The van der Waals surface area contributed by atoms with Crippen molar-refractivity contribution < 1.29 is 14.3 Å². The number of methoxy groups -OCH3 is 1. The van der Waals surface area contributed by atoms with Crippen LogP contribution in [0.1, 0.15) is 11.1 Å². The zero-order chi connectivity index (χ0) is 19.1. The zero-order valence-corrected chi connectivity index (χ0v) is 15.4. The summed E-state index contributed by atoms with van der Waals surface area (Å²) in [5.41, 5.74) is 7.35. The molecule has 0 saturated carbocycles. The number of nitrogens with two attached hydrogens (primary N) is 1. The normalized spacial score (nSPS) is 11.1. The Kier molecular flexibility index (Phi) is 6.12. The average molecular weight is 384 g/mol. The third-order valence-corrected chi connectivity index (χ3v) is 3.87. The maximum atomic E-state index is 6.06. The summed E-state index contributed by atoms with van der Waals surface area (Å²) in [7, 11) is 1.58. The smallest absolute Gasteiger partial charge is 0.230 e. The van der Waals surface area contributed by atoms with Gasteiger partial charge in [-0.1, -0.05) is 35.0 Å². The molecule has 0 aliphatic carbocycles. The number of ether oxygens (including phenoxy) is 2. The molecule has 2 N–H and O–H groups in total. The van der Waals surface area contributed by atoms with Gasteiger partial charge in [-0.15, -0.1) is 0 Å². The highest BCUT2D eigenvalue weighted by atomic mass is 35.5. The van der Waals surface area contributed by atoms with Crippen LogP contribution in [0.15, 0.2) is 72.0 Å². The molecule has 138 valence electrons. The molecular formula is C20H18ClN3O3. The third-order valence-electron chi connectivity index (χ3n) is 3.63. The van der Waals surface area contributed by atoms with E-state index in [0.29, 0.717) is 28.0 Å². The molecule has 3 rings (SSSR count). The molecule has 0 radical (unpaired) electrons. The van der Waals surface area contributed by atoms with E-state index in [1.807, 2.05) is 30.3 Å². The molecule has 0 spiro atoms. The van der Waals surface area contributed by atoms with Crippen LogP contribution >= 0.6 is 11.6 Å². The summed E-state index contributed by atoms with van der Waals surface area (Å²) in [4.78, 5) is 9.60. The number of para-hydroxylation sites is 1. The number of aromatic nitrogens is 1. The fraction of sp³-hybridized carbons (Fsp3) is 0.100. The average Bonchev–Trinajstić information content (AvgIpc) is 2.69. The van der Waals surface area contributed by atoms with Gasteiger partial charge in [0.2, 0.25) is 5.88 Å². The van der Waals surface area contributed by atoms with Gasteiger partial charge in [0.05, 0.1) is 12.7 Å². The first-order chi connectivity index (χ1) is 13.2. The summed E-state index contributed by atoms with van der Waals surface area (Å²) in [6, 6.07) is 18.1. The number of oxime groups is 1. The summed E-state index contributed by atoms with van der Waals surface area (Å²) in [6.07, 6.45) is 1.62. The van der Waals surface area contributed by atoms with Gasteiger partial charge in [-0.3, -0.25) is 0 Å². The SMILES string of the molecule is COc1ccc(Cl)cc1CO/N=C(/N)c1cccnc1Oc1ccccc1. The Morgan fingerprint density at radius 3 is 2.70 bits per heavy atom. The number of hydrogen-bond acceptors (Lipinski definition) is 5. The van der Waals surface area contributed by atoms with Gasteiger partial charge in [-0.05, 0) is 42.5 Å². The molecule has 0 bridgehead atoms. The Labute approximate surface area is 162 Å². The van der Waals surface area contributed by atoms with Crippen LogP contribution in [0.2, 0.25) is 5.02 Å². The monoisotopic (exact) mass is 383 g/mol. The van der Waals surface area contributed by atoms with Gasteiger partial charge >= 0.3 is 0 Å². The first-order valence-electron chi connectivity index (χ1n) is 8.13. The Morgan fingerprint density at radius 1 is 1.11 bits per heavy atom. The molecule has 0 saturated heterocycles. The zero-order valence-electron chi connectivity index (χ0n) is 14.6. The molecule has 0 atom stereocenters. The minimum absolute atomic E-state index is 0.148. The second-order valence-corrected chi connectivity index (χ2v) is 5.91. The minimum atomic E-state index is 0.148. The van der Waals surface area contributed by atoms with E-state index in [4.69, 9.17) is 31.6 Å². The van der Waals surface area contributed by atoms with Crippen LogP contribution in [-0.2, 0) is 11.4 Å². The number of amidine groups is 1. The lowest BCUT2D eigenvalue weighted by Crippen LogP contribution is -2.15. The molecule has 3 aromatic rings. The van der Waals surface area contributed by atoms with Gasteiger partial charge in [-0.2, -0.15) is 0 Å². The van der Waals surface area contributed by atoms with Gasteiger partial charge in [0.1, 0.15) is 18.1 Å². The predicted molar refractivity (Wildman–Crippen MR) is 104 cm³/mol. The molecule has 0 aliphatic heterocycles. The Bertz CT molecular complexity index is 933. The van der Waals surface area contributed by atoms with Crippen LogP contribution in [0.25, 0.3) is 0 Å². The summed E-state index contributed by atoms with van der Waals surface area (Å²) in [5.74, 6) is 1.79. The van der Waals surface area contributed by atoms with Crippen molar-refractivity contribution in [1.29, 1.82) is 0 Å². The van der Waals surface area contributed by atoms with E-state index in [-0.39, 0.29) is 12.4 Å². The lowest BCUT2D eigenvalue weighted by atomic mass is 10.2. The fourth-order valence-electron chi connectivity index (χ4n) is 2.35. The quantitative estimate of drug-likeness (QED) is 0.372. The van der Waals surface area contributed by atoms with Crippen LogP contribution in [0.5, 0.6) is 17.4 Å². The van der Waals surface area contributed by atoms with Crippen LogP contribution < -0.4 is 15.2 Å². The standard InChI is InChI=1S/C20H18ClN3O3/c1-25-18-10-9-15(21)12-14(18)13-26-24-19(22)17-8-5-11-23-20(17)27-16-6-3-2-4-7-16/h2-12H,13H2,1H3,(H2,22,24). The van der Waals surface area contributed by atoms with Crippen molar-refractivity contribution in [1.82, 2.24) is 4.98 Å². The van der Waals surface area contributed by atoms with Crippen molar-refractivity contribution in [3.63, 3.8) is 0 Å². The summed E-state index contributed by atoms with van der Waals surface area (Å²) >= 11 is 6.01. The molecule has 6 nitrogen and oxygen atoms in total. The maximum Gasteiger partial charge on any atom is 0.230 e. The van der Waals surface area contributed by atoms with Crippen LogP contribution in [0.3, 0.4) is 0 Å². The highest BCUT2D eigenvalue weighted by molar-refractivity contribution is 6.30. The maximum absolute atomic E-state index is 6.06. The largest absolute Gasteiger partial charge is 0.496 e.